The van der Waals surface area contributed by atoms with Gasteiger partial charge in [-0.05, 0) is 50.4 Å². The molecule has 1 fully saturated rings. The van der Waals surface area contributed by atoms with Gasteiger partial charge in [0.05, 0.1) is 18.4 Å². The molecular formula is C22H25F2N5O. The van der Waals surface area contributed by atoms with Crippen molar-refractivity contribution in [2.45, 2.75) is 26.2 Å². The molecule has 0 aliphatic carbocycles. The number of aryl methyl sites for hydroxylation is 1. The highest BCUT2D eigenvalue weighted by molar-refractivity contribution is 5.94. The second-order valence-electron chi connectivity index (χ2n) is 7.88. The van der Waals surface area contributed by atoms with E-state index in [0.29, 0.717) is 31.7 Å². The number of hydrogen-bond acceptors (Lipinski definition) is 4. The number of fused-ring (bicyclic) bond motifs is 1. The van der Waals surface area contributed by atoms with E-state index in [0.717, 1.165) is 27.9 Å². The summed E-state index contributed by atoms with van der Waals surface area (Å²) in [6.45, 7) is 3.17. The molecule has 3 heterocycles. The van der Waals surface area contributed by atoms with E-state index in [1.54, 1.807) is 6.20 Å². The van der Waals surface area contributed by atoms with Crippen molar-refractivity contribution in [2.75, 3.05) is 25.0 Å². The number of nitrogens with zero attached hydrogens (tertiary/aromatic N) is 4. The average molecular weight is 413 g/mol. The molecule has 1 aliphatic rings. The zero-order valence-electron chi connectivity index (χ0n) is 17.1. The fourth-order valence-corrected chi connectivity index (χ4v) is 3.89. The first-order valence-electron chi connectivity index (χ1n) is 10.1. The third-order valence-electron chi connectivity index (χ3n) is 5.86. The van der Waals surface area contributed by atoms with E-state index >= 15 is 0 Å². The first-order chi connectivity index (χ1) is 14.4. The number of likely N-dealkylation sites (tertiary alicyclic amines) is 1. The molecule has 1 amide bonds. The lowest BCUT2D eigenvalue weighted by Crippen LogP contribution is -2.40. The van der Waals surface area contributed by atoms with Crippen LogP contribution in [0.3, 0.4) is 0 Å². The molecule has 1 aromatic carbocycles. The molecule has 3 aromatic rings. The van der Waals surface area contributed by atoms with Crippen LogP contribution in [-0.2, 0) is 11.8 Å². The number of imidazole rings is 1. The molecule has 8 heteroatoms. The molecule has 0 spiro atoms. The summed E-state index contributed by atoms with van der Waals surface area (Å²) in [4.78, 5) is 23.0. The van der Waals surface area contributed by atoms with Crippen molar-refractivity contribution in [2.24, 2.45) is 13.0 Å². The summed E-state index contributed by atoms with van der Waals surface area (Å²) in [5.74, 6) is 0.679. The highest BCUT2D eigenvalue weighted by atomic mass is 19.3. The zero-order chi connectivity index (χ0) is 21.3. The molecule has 1 saturated heterocycles. The summed E-state index contributed by atoms with van der Waals surface area (Å²) < 4.78 is 27.6. The molecule has 30 heavy (non-hydrogen) atoms. The van der Waals surface area contributed by atoms with Crippen LogP contribution in [0.1, 0.15) is 18.7 Å². The van der Waals surface area contributed by atoms with Gasteiger partial charge in [-0.2, -0.15) is 0 Å². The van der Waals surface area contributed by atoms with Gasteiger partial charge in [-0.25, -0.2) is 18.7 Å². The number of alkyl halides is 2. The molecule has 0 saturated carbocycles. The molecule has 0 bridgehead atoms. The van der Waals surface area contributed by atoms with Gasteiger partial charge in [-0.1, -0.05) is 12.1 Å². The third-order valence-corrected chi connectivity index (χ3v) is 5.86. The van der Waals surface area contributed by atoms with Gasteiger partial charge in [-0.3, -0.25) is 9.69 Å². The van der Waals surface area contributed by atoms with Crippen molar-refractivity contribution in [3.8, 4) is 11.3 Å². The molecular weight excluding hydrogens is 388 g/mol. The summed E-state index contributed by atoms with van der Waals surface area (Å²) in [5.41, 5.74) is 2.06. The highest BCUT2D eigenvalue weighted by Gasteiger charge is 2.26. The summed E-state index contributed by atoms with van der Waals surface area (Å²) in [6, 6.07) is 7.93. The van der Waals surface area contributed by atoms with Crippen molar-refractivity contribution in [3.63, 3.8) is 0 Å². The van der Waals surface area contributed by atoms with Crippen LogP contribution >= 0.6 is 0 Å². The Hall–Kier alpha value is -2.87. The number of piperidine rings is 1. The normalized spacial score (nSPS) is 15.8. The van der Waals surface area contributed by atoms with E-state index < -0.39 is 12.3 Å². The summed E-state index contributed by atoms with van der Waals surface area (Å²) in [6.07, 6.45) is 2.16. The molecule has 2 aromatic heterocycles. The van der Waals surface area contributed by atoms with Crippen LogP contribution in [0.25, 0.3) is 22.0 Å². The Bertz CT molecular complexity index is 1060. The smallest absolute Gasteiger partial charge is 0.241 e. The largest absolute Gasteiger partial charge is 0.331 e. The monoisotopic (exact) mass is 413 g/mol. The van der Waals surface area contributed by atoms with Crippen LogP contribution in [-0.4, -0.2) is 51.4 Å². The van der Waals surface area contributed by atoms with Crippen LogP contribution < -0.4 is 5.32 Å². The van der Waals surface area contributed by atoms with Crippen molar-refractivity contribution < 1.29 is 13.6 Å². The molecule has 0 radical (unpaired) electrons. The number of rotatable bonds is 5. The fourth-order valence-electron chi connectivity index (χ4n) is 3.89. The van der Waals surface area contributed by atoms with Gasteiger partial charge in [0.2, 0.25) is 12.3 Å². The van der Waals surface area contributed by atoms with Gasteiger partial charge in [0, 0.05) is 30.1 Å². The number of benzene rings is 1. The van der Waals surface area contributed by atoms with Gasteiger partial charge in [0.15, 0.2) is 0 Å². The molecule has 1 N–H and O–H groups in total. The van der Waals surface area contributed by atoms with Gasteiger partial charge < -0.3 is 9.88 Å². The SMILES string of the molecule is Cc1ncc(-c2ccc3cnc(NC(=O)CN4CCC(C(F)F)CC4)cc3c2)n1C. The van der Waals surface area contributed by atoms with Crippen molar-refractivity contribution >= 4 is 22.5 Å². The van der Waals surface area contributed by atoms with E-state index in [2.05, 4.69) is 21.4 Å². The Kier molecular flexibility index (Phi) is 5.76. The Morgan fingerprint density at radius 3 is 2.60 bits per heavy atom. The highest BCUT2D eigenvalue weighted by Crippen LogP contribution is 2.26. The molecule has 0 unspecified atom stereocenters. The Morgan fingerprint density at radius 1 is 1.17 bits per heavy atom. The minimum absolute atomic E-state index is 0.184. The summed E-state index contributed by atoms with van der Waals surface area (Å²) in [5, 5.41) is 4.78. The van der Waals surface area contributed by atoms with Crippen molar-refractivity contribution in [1.29, 1.82) is 0 Å². The Labute approximate surface area is 173 Å². The minimum Gasteiger partial charge on any atom is -0.331 e. The first kappa shape index (κ1) is 20.4. The van der Waals surface area contributed by atoms with Gasteiger partial charge >= 0.3 is 0 Å². The summed E-state index contributed by atoms with van der Waals surface area (Å²) in [7, 11) is 1.98. The van der Waals surface area contributed by atoms with Crippen molar-refractivity contribution in [1.82, 2.24) is 19.4 Å². The van der Waals surface area contributed by atoms with Gasteiger partial charge in [0.1, 0.15) is 11.6 Å². The second kappa shape index (κ2) is 8.47. The Morgan fingerprint density at radius 2 is 1.93 bits per heavy atom. The number of amides is 1. The standard InChI is InChI=1S/C22H25F2N5O/c1-14-25-12-19(28(14)2)16-3-4-17-11-26-20(10-18(17)9-16)27-21(30)13-29-7-5-15(6-8-29)22(23)24/h3-4,9-12,15,22H,5-8,13H2,1-2H3,(H,26,27,30). The zero-order valence-corrected chi connectivity index (χ0v) is 17.1. The maximum atomic E-state index is 12.8. The quantitative estimate of drug-likeness (QED) is 0.690. The maximum absolute atomic E-state index is 12.8. The molecule has 1 aliphatic heterocycles. The second-order valence-corrected chi connectivity index (χ2v) is 7.88. The average Bonchev–Trinajstić information content (AvgIpc) is 3.06. The molecule has 0 atom stereocenters. The lowest BCUT2D eigenvalue weighted by molar-refractivity contribution is -0.117. The minimum atomic E-state index is -2.28. The number of halogens is 2. The molecule has 4 rings (SSSR count). The molecule has 6 nitrogen and oxygen atoms in total. The third kappa shape index (κ3) is 4.33. The predicted molar refractivity (Wildman–Crippen MR) is 112 cm³/mol. The van der Waals surface area contributed by atoms with E-state index in [1.165, 1.54) is 0 Å². The van der Waals surface area contributed by atoms with Crippen LogP contribution in [0.2, 0.25) is 0 Å². The lowest BCUT2D eigenvalue weighted by atomic mass is 9.97. The maximum Gasteiger partial charge on any atom is 0.241 e. The number of anilines is 1. The summed E-state index contributed by atoms with van der Waals surface area (Å²) >= 11 is 0. The number of aromatic nitrogens is 3. The van der Waals surface area contributed by atoms with E-state index in [9.17, 15) is 13.6 Å². The van der Waals surface area contributed by atoms with Crippen LogP contribution in [0.5, 0.6) is 0 Å². The van der Waals surface area contributed by atoms with Crippen LogP contribution in [0, 0.1) is 12.8 Å². The lowest BCUT2D eigenvalue weighted by Gasteiger charge is -2.30. The van der Waals surface area contributed by atoms with Crippen LogP contribution in [0.15, 0.2) is 36.7 Å². The van der Waals surface area contributed by atoms with Crippen molar-refractivity contribution in [3.05, 3.63) is 42.5 Å². The Balaban J connectivity index is 1.44. The fraction of sp³-hybridized carbons (Fsp3) is 0.409. The number of nitrogens with one attached hydrogen (secondary N) is 1. The first-order valence-corrected chi connectivity index (χ1v) is 10.1. The predicted octanol–water partition coefficient (Wildman–Crippen LogP) is 3.86. The number of carbonyl (C=O) groups excluding carboxylic acids is 1. The van der Waals surface area contributed by atoms with Gasteiger partial charge in [0.25, 0.3) is 0 Å². The van der Waals surface area contributed by atoms with E-state index in [-0.39, 0.29) is 12.5 Å². The van der Waals surface area contributed by atoms with E-state index in [4.69, 9.17) is 0 Å². The topological polar surface area (TPSA) is 63.1 Å². The molecule has 158 valence electrons. The van der Waals surface area contributed by atoms with Gasteiger partial charge in [-0.15, -0.1) is 0 Å². The van der Waals surface area contributed by atoms with E-state index in [1.807, 2.05) is 47.8 Å². The number of hydrogen-bond donors (Lipinski definition) is 1. The number of carbonyl (C=O) groups is 1. The number of pyridine rings is 1. The van der Waals surface area contributed by atoms with Crippen LogP contribution in [0.4, 0.5) is 14.6 Å².